The number of fused-ring (bicyclic) bond motifs is 1. The highest BCUT2D eigenvalue weighted by molar-refractivity contribution is 7.21. The first-order valence-electron chi connectivity index (χ1n) is 6.66. The Morgan fingerprint density at radius 2 is 2.05 bits per heavy atom. The molecule has 21 heavy (non-hydrogen) atoms. The molecule has 112 valence electrons. The SMILES string of the molecule is CCC(C)[C@H](NC(=O)c1sc2ccccc2c1Cl)C(=O)O. The van der Waals surface area contributed by atoms with Crippen LogP contribution in [-0.2, 0) is 4.79 Å². The highest BCUT2D eigenvalue weighted by Gasteiger charge is 2.27. The predicted octanol–water partition coefficient (Wildman–Crippen LogP) is 3.78. The van der Waals surface area contributed by atoms with Gasteiger partial charge in [0.2, 0.25) is 0 Å². The normalized spacial score (nSPS) is 13.9. The Balaban J connectivity index is 2.29. The monoisotopic (exact) mass is 325 g/mol. The molecule has 2 aromatic rings. The molecule has 0 aliphatic rings. The lowest BCUT2D eigenvalue weighted by Crippen LogP contribution is -2.44. The molecule has 0 saturated carbocycles. The van der Waals surface area contributed by atoms with Crippen molar-refractivity contribution in [3.8, 4) is 0 Å². The lowest BCUT2D eigenvalue weighted by Gasteiger charge is -2.19. The first-order chi connectivity index (χ1) is 9.95. The van der Waals surface area contributed by atoms with Crippen molar-refractivity contribution < 1.29 is 14.7 Å². The summed E-state index contributed by atoms with van der Waals surface area (Å²) in [5, 5.41) is 13.0. The summed E-state index contributed by atoms with van der Waals surface area (Å²) in [7, 11) is 0. The number of hydrogen-bond donors (Lipinski definition) is 2. The molecule has 0 fully saturated rings. The summed E-state index contributed by atoms with van der Waals surface area (Å²) < 4.78 is 0.906. The van der Waals surface area contributed by atoms with Crippen LogP contribution in [0.25, 0.3) is 10.1 Å². The molecule has 1 heterocycles. The molecular weight excluding hydrogens is 310 g/mol. The van der Waals surface area contributed by atoms with Crippen LogP contribution < -0.4 is 5.32 Å². The standard InChI is InChI=1S/C15H16ClNO3S/c1-3-8(2)12(15(19)20)17-14(18)13-11(16)9-6-4-5-7-10(9)21-13/h4-8,12H,3H2,1-2H3,(H,17,18)(H,19,20)/t8?,12-/m0/s1. The lowest BCUT2D eigenvalue weighted by molar-refractivity contribution is -0.140. The van der Waals surface area contributed by atoms with Gasteiger partial charge in [0.05, 0.1) is 5.02 Å². The topological polar surface area (TPSA) is 66.4 Å². The molecule has 1 aromatic heterocycles. The smallest absolute Gasteiger partial charge is 0.326 e. The number of carboxylic acids is 1. The van der Waals surface area contributed by atoms with E-state index in [1.54, 1.807) is 6.92 Å². The summed E-state index contributed by atoms with van der Waals surface area (Å²) >= 11 is 7.50. The van der Waals surface area contributed by atoms with Crippen molar-refractivity contribution in [3.05, 3.63) is 34.2 Å². The molecule has 0 bridgehead atoms. The van der Waals surface area contributed by atoms with E-state index < -0.39 is 17.9 Å². The van der Waals surface area contributed by atoms with Crippen LogP contribution in [0.4, 0.5) is 0 Å². The van der Waals surface area contributed by atoms with Crippen LogP contribution in [0.2, 0.25) is 5.02 Å². The molecule has 0 aliphatic heterocycles. The van der Waals surface area contributed by atoms with Gasteiger partial charge in [-0.15, -0.1) is 11.3 Å². The van der Waals surface area contributed by atoms with Gasteiger partial charge in [-0.3, -0.25) is 4.79 Å². The molecule has 6 heteroatoms. The number of aliphatic carboxylic acids is 1. The maximum absolute atomic E-state index is 12.3. The van der Waals surface area contributed by atoms with Gasteiger partial charge in [0.1, 0.15) is 10.9 Å². The summed E-state index contributed by atoms with van der Waals surface area (Å²) in [4.78, 5) is 24.0. The quantitative estimate of drug-likeness (QED) is 0.879. The van der Waals surface area contributed by atoms with E-state index in [0.29, 0.717) is 16.3 Å². The molecule has 2 rings (SSSR count). The third-order valence-corrected chi connectivity index (χ3v) is 5.18. The van der Waals surface area contributed by atoms with Crippen LogP contribution in [0.1, 0.15) is 29.9 Å². The van der Waals surface area contributed by atoms with Gasteiger partial charge in [-0.1, -0.05) is 50.1 Å². The van der Waals surface area contributed by atoms with Crippen molar-refractivity contribution in [2.45, 2.75) is 26.3 Å². The number of hydrogen-bond acceptors (Lipinski definition) is 3. The third-order valence-electron chi connectivity index (χ3n) is 3.51. The number of rotatable bonds is 5. The van der Waals surface area contributed by atoms with E-state index in [2.05, 4.69) is 5.32 Å². The molecule has 1 aromatic carbocycles. The molecule has 0 aliphatic carbocycles. The number of carbonyl (C=O) groups excluding carboxylic acids is 1. The number of nitrogens with one attached hydrogen (secondary N) is 1. The Morgan fingerprint density at radius 1 is 1.38 bits per heavy atom. The van der Waals surface area contributed by atoms with Crippen LogP contribution in [0.5, 0.6) is 0 Å². The van der Waals surface area contributed by atoms with Crippen molar-refractivity contribution in [3.63, 3.8) is 0 Å². The largest absolute Gasteiger partial charge is 0.480 e. The van der Waals surface area contributed by atoms with Crippen molar-refractivity contribution in [1.82, 2.24) is 5.32 Å². The van der Waals surface area contributed by atoms with E-state index in [4.69, 9.17) is 11.6 Å². The van der Waals surface area contributed by atoms with Crippen molar-refractivity contribution in [1.29, 1.82) is 0 Å². The highest BCUT2D eigenvalue weighted by atomic mass is 35.5. The minimum absolute atomic E-state index is 0.153. The Morgan fingerprint density at radius 3 is 2.62 bits per heavy atom. The average Bonchev–Trinajstić information content (AvgIpc) is 2.81. The van der Waals surface area contributed by atoms with Gasteiger partial charge in [-0.05, 0) is 12.0 Å². The van der Waals surface area contributed by atoms with Crippen LogP contribution in [0.3, 0.4) is 0 Å². The fourth-order valence-corrected chi connectivity index (χ4v) is 3.47. The highest BCUT2D eigenvalue weighted by Crippen LogP contribution is 2.35. The Hall–Kier alpha value is -1.59. The minimum atomic E-state index is -1.03. The summed E-state index contributed by atoms with van der Waals surface area (Å²) in [6.45, 7) is 3.69. The third kappa shape index (κ3) is 3.19. The van der Waals surface area contributed by atoms with Gasteiger partial charge in [0.15, 0.2) is 0 Å². The van der Waals surface area contributed by atoms with Gasteiger partial charge >= 0.3 is 5.97 Å². The van der Waals surface area contributed by atoms with Crippen molar-refractivity contribution in [2.24, 2.45) is 5.92 Å². The molecule has 0 saturated heterocycles. The van der Waals surface area contributed by atoms with Gasteiger partial charge in [-0.2, -0.15) is 0 Å². The van der Waals surface area contributed by atoms with Crippen molar-refractivity contribution in [2.75, 3.05) is 0 Å². The lowest BCUT2D eigenvalue weighted by atomic mass is 9.99. The minimum Gasteiger partial charge on any atom is -0.480 e. The van der Waals surface area contributed by atoms with Crippen LogP contribution in [-0.4, -0.2) is 23.0 Å². The van der Waals surface area contributed by atoms with Crippen LogP contribution >= 0.6 is 22.9 Å². The summed E-state index contributed by atoms with van der Waals surface area (Å²) in [6.07, 6.45) is 0.664. The van der Waals surface area contributed by atoms with Gasteiger partial charge in [0, 0.05) is 10.1 Å². The second-order valence-electron chi connectivity index (χ2n) is 4.92. The maximum Gasteiger partial charge on any atom is 0.326 e. The Labute approximate surface area is 131 Å². The molecule has 1 amide bonds. The number of carboxylic acid groups (broad SMARTS) is 1. The molecule has 2 N–H and O–H groups in total. The van der Waals surface area contributed by atoms with E-state index in [9.17, 15) is 14.7 Å². The van der Waals surface area contributed by atoms with Gasteiger partial charge in [0.25, 0.3) is 5.91 Å². The first kappa shape index (κ1) is 15.8. The maximum atomic E-state index is 12.3. The second kappa shape index (κ2) is 6.45. The summed E-state index contributed by atoms with van der Waals surface area (Å²) in [5.74, 6) is -1.62. The average molecular weight is 326 g/mol. The summed E-state index contributed by atoms with van der Waals surface area (Å²) in [6, 6.07) is 6.53. The first-order valence-corrected chi connectivity index (χ1v) is 7.85. The zero-order valence-electron chi connectivity index (χ0n) is 11.7. The zero-order valence-corrected chi connectivity index (χ0v) is 13.3. The fraction of sp³-hybridized carbons (Fsp3) is 0.333. The number of thiophene rings is 1. The van der Waals surface area contributed by atoms with E-state index in [0.717, 1.165) is 10.1 Å². The van der Waals surface area contributed by atoms with Crippen LogP contribution in [0, 0.1) is 5.92 Å². The predicted molar refractivity (Wildman–Crippen MR) is 85.2 cm³/mol. The molecule has 1 unspecified atom stereocenters. The van der Waals surface area contributed by atoms with E-state index >= 15 is 0 Å². The zero-order chi connectivity index (χ0) is 15.6. The van der Waals surface area contributed by atoms with Crippen molar-refractivity contribution >= 4 is 44.9 Å². The molecule has 4 nitrogen and oxygen atoms in total. The number of amides is 1. The number of carbonyl (C=O) groups is 2. The van der Waals surface area contributed by atoms with Crippen LogP contribution in [0.15, 0.2) is 24.3 Å². The second-order valence-corrected chi connectivity index (χ2v) is 6.35. The van der Waals surface area contributed by atoms with E-state index in [1.165, 1.54) is 11.3 Å². The molecule has 2 atom stereocenters. The Bertz CT molecular complexity index is 683. The number of benzene rings is 1. The Kier molecular flexibility index (Phi) is 4.85. The molecular formula is C15H16ClNO3S. The fourth-order valence-electron chi connectivity index (χ4n) is 2.05. The summed E-state index contributed by atoms with van der Waals surface area (Å²) in [5.41, 5.74) is 0. The molecule has 0 radical (unpaired) electrons. The molecule has 0 spiro atoms. The number of halogens is 1. The van der Waals surface area contributed by atoms with E-state index in [1.807, 2.05) is 31.2 Å². The van der Waals surface area contributed by atoms with Gasteiger partial charge < -0.3 is 10.4 Å². The van der Waals surface area contributed by atoms with Gasteiger partial charge in [-0.25, -0.2) is 4.79 Å². The van der Waals surface area contributed by atoms with E-state index in [-0.39, 0.29) is 5.92 Å².